The molecule has 0 amide bonds. The van der Waals surface area contributed by atoms with Gasteiger partial charge in [-0.05, 0) is 42.2 Å². The van der Waals surface area contributed by atoms with Crippen molar-refractivity contribution in [1.29, 1.82) is 0 Å². The summed E-state index contributed by atoms with van der Waals surface area (Å²) in [7, 11) is 4.84. The van der Waals surface area contributed by atoms with Gasteiger partial charge in [-0.3, -0.25) is 0 Å². The zero-order chi connectivity index (χ0) is 19.9. The van der Waals surface area contributed by atoms with Gasteiger partial charge in [0.1, 0.15) is 0 Å². The summed E-state index contributed by atoms with van der Waals surface area (Å²) in [6, 6.07) is 12.5. The maximum Gasteiger partial charge on any atom is 0.203 e. The molecule has 2 aromatic carbocycles. The monoisotopic (exact) mass is 383 g/mol. The van der Waals surface area contributed by atoms with Crippen LogP contribution in [0.1, 0.15) is 29.5 Å². The first-order valence-electron chi connectivity index (χ1n) is 9.59. The normalized spacial score (nSPS) is 15.3. The second kappa shape index (κ2) is 9.35. The molecule has 0 heterocycles. The molecule has 0 spiro atoms. The predicted octanol–water partition coefficient (Wildman–Crippen LogP) is 3.11. The minimum absolute atomic E-state index is 0.507. The molecule has 2 N–H and O–H groups in total. The van der Waals surface area contributed by atoms with Crippen LogP contribution in [0.3, 0.4) is 0 Å². The molecule has 0 fully saturated rings. The van der Waals surface area contributed by atoms with Gasteiger partial charge in [-0.25, -0.2) is 4.99 Å². The van der Waals surface area contributed by atoms with E-state index in [1.54, 1.807) is 21.3 Å². The molecule has 6 nitrogen and oxygen atoms in total. The average Bonchev–Trinajstić information content (AvgIpc) is 2.71. The zero-order valence-corrected chi connectivity index (χ0v) is 17.0. The molecule has 1 atom stereocenters. The van der Waals surface area contributed by atoms with Crippen LogP contribution in [0.5, 0.6) is 17.2 Å². The quantitative estimate of drug-likeness (QED) is 0.542. The van der Waals surface area contributed by atoms with Crippen molar-refractivity contribution in [2.24, 2.45) is 4.99 Å². The smallest absolute Gasteiger partial charge is 0.203 e. The van der Waals surface area contributed by atoms with Crippen LogP contribution in [0.15, 0.2) is 41.4 Å². The van der Waals surface area contributed by atoms with E-state index in [2.05, 4.69) is 41.8 Å². The first kappa shape index (κ1) is 19.9. The number of aliphatic imine (C=N–C) groups is 1. The molecule has 0 aliphatic heterocycles. The average molecular weight is 383 g/mol. The number of hydrogen-bond acceptors (Lipinski definition) is 4. The molecule has 1 unspecified atom stereocenters. The zero-order valence-electron chi connectivity index (χ0n) is 17.0. The maximum atomic E-state index is 5.42. The fourth-order valence-electron chi connectivity index (χ4n) is 3.50. The summed E-state index contributed by atoms with van der Waals surface area (Å²) in [6.07, 6.45) is 1.12. The Hall–Kier alpha value is -2.89. The Morgan fingerprint density at radius 1 is 1.04 bits per heavy atom. The summed E-state index contributed by atoms with van der Waals surface area (Å²) < 4.78 is 16.2. The number of nitrogens with one attached hydrogen (secondary N) is 2. The van der Waals surface area contributed by atoms with Crippen molar-refractivity contribution in [3.05, 3.63) is 53.1 Å². The van der Waals surface area contributed by atoms with E-state index in [9.17, 15) is 0 Å². The van der Waals surface area contributed by atoms with Gasteiger partial charge in [0.05, 0.1) is 27.9 Å². The van der Waals surface area contributed by atoms with E-state index in [4.69, 9.17) is 19.2 Å². The van der Waals surface area contributed by atoms with Crippen LogP contribution in [0, 0.1) is 0 Å². The highest BCUT2D eigenvalue weighted by Crippen LogP contribution is 2.38. The lowest BCUT2D eigenvalue weighted by atomic mass is 9.78. The van der Waals surface area contributed by atoms with Crippen molar-refractivity contribution in [1.82, 2.24) is 10.6 Å². The van der Waals surface area contributed by atoms with Crippen molar-refractivity contribution in [3.8, 4) is 17.2 Å². The van der Waals surface area contributed by atoms with Crippen molar-refractivity contribution >= 4 is 5.96 Å². The van der Waals surface area contributed by atoms with Gasteiger partial charge < -0.3 is 24.8 Å². The van der Waals surface area contributed by atoms with E-state index < -0.39 is 0 Å². The van der Waals surface area contributed by atoms with Crippen LogP contribution in [0.4, 0.5) is 0 Å². The molecule has 28 heavy (non-hydrogen) atoms. The number of nitrogens with zero attached hydrogens (tertiary/aromatic N) is 1. The first-order valence-corrected chi connectivity index (χ1v) is 9.59. The third-order valence-electron chi connectivity index (χ3n) is 4.97. The fraction of sp³-hybridized carbons (Fsp3) is 0.409. The molecule has 0 saturated carbocycles. The largest absolute Gasteiger partial charge is 0.493 e. The van der Waals surface area contributed by atoms with Gasteiger partial charge in [0.25, 0.3) is 0 Å². The molecule has 3 rings (SSSR count). The summed E-state index contributed by atoms with van der Waals surface area (Å²) >= 11 is 0. The minimum atomic E-state index is 0.507. The fourth-order valence-corrected chi connectivity index (χ4v) is 3.50. The number of guanidine groups is 1. The highest BCUT2D eigenvalue weighted by molar-refractivity contribution is 5.80. The molecule has 6 heteroatoms. The Labute approximate surface area is 166 Å². The van der Waals surface area contributed by atoms with Crippen LogP contribution in [-0.4, -0.2) is 40.4 Å². The summed E-state index contributed by atoms with van der Waals surface area (Å²) in [5.41, 5.74) is 3.88. The van der Waals surface area contributed by atoms with E-state index in [1.807, 2.05) is 12.1 Å². The van der Waals surface area contributed by atoms with Gasteiger partial charge in [0.15, 0.2) is 17.5 Å². The van der Waals surface area contributed by atoms with Crippen LogP contribution >= 0.6 is 0 Å². The second-order valence-electron chi connectivity index (χ2n) is 6.71. The van der Waals surface area contributed by atoms with Gasteiger partial charge >= 0.3 is 0 Å². The number of fused-ring (bicyclic) bond motifs is 1. The first-order chi connectivity index (χ1) is 13.7. The molecular formula is C22H29N3O3. The van der Waals surface area contributed by atoms with Crippen LogP contribution in [0.25, 0.3) is 0 Å². The summed E-state index contributed by atoms with van der Waals surface area (Å²) in [5.74, 6) is 3.21. The van der Waals surface area contributed by atoms with Crippen molar-refractivity contribution in [3.63, 3.8) is 0 Å². The van der Waals surface area contributed by atoms with Crippen LogP contribution in [0.2, 0.25) is 0 Å². The molecule has 0 bridgehead atoms. The number of ether oxygens (including phenoxy) is 3. The molecular weight excluding hydrogens is 354 g/mol. The molecule has 2 aromatic rings. The topological polar surface area (TPSA) is 64.1 Å². The number of rotatable bonds is 8. The van der Waals surface area contributed by atoms with E-state index >= 15 is 0 Å². The minimum Gasteiger partial charge on any atom is -0.493 e. The van der Waals surface area contributed by atoms with Crippen LogP contribution in [-0.2, 0) is 13.0 Å². The summed E-state index contributed by atoms with van der Waals surface area (Å²) in [5, 5.41) is 6.78. The molecule has 0 radical (unpaired) electrons. The van der Waals surface area contributed by atoms with Gasteiger partial charge in [-0.2, -0.15) is 0 Å². The molecule has 150 valence electrons. The third-order valence-corrected chi connectivity index (χ3v) is 4.97. The molecule has 0 aromatic heterocycles. The van der Waals surface area contributed by atoms with Gasteiger partial charge in [-0.15, -0.1) is 0 Å². The Morgan fingerprint density at radius 2 is 1.75 bits per heavy atom. The lowest BCUT2D eigenvalue weighted by Gasteiger charge is -2.30. The third kappa shape index (κ3) is 4.32. The lowest BCUT2D eigenvalue weighted by molar-refractivity contribution is 0.324. The Bertz CT molecular complexity index is 811. The Kier molecular flexibility index (Phi) is 6.63. The van der Waals surface area contributed by atoms with Crippen LogP contribution < -0.4 is 24.8 Å². The Morgan fingerprint density at radius 3 is 2.36 bits per heavy atom. The van der Waals surface area contributed by atoms with Crippen molar-refractivity contribution in [2.45, 2.75) is 25.8 Å². The van der Waals surface area contributed by atoms with Gasteiger partial charge in [-0.1, -0.05) is 24.3 Å². The second-order valence-corrected chi connectivity index (χ2v) is 6.71. The summed E-state index contributed by atoms with van der Waals surface area (Å²) in [6.45, 7) is 4.25. The maximum absolute atomic E-state index is 5.42. The molecule has 1 aliphatic rings. The molecule has 1 aliphatic carbocycles. The summed E-state index contributed by atoms with van der Waals surface area (Å²) in [4.78, 5) is 4.72. The highest BCUT2D eigenvalue weighted by atomic mass is 16.5. The van der Waals surface area contributed by atoms with Crippen molar-refractivity contribution in [2.75, 3.05) is 34.4 Å². The highest BCUT2D eigenvalue weighted by Gasteiger charge is 2.25. The number of hydrogen-bond donors (Lipinski definition) is 2. The number of methoxy groups -OCH3 is 3. The predicted molar refractivity (Wildman–Crippen MR) is 112 cm³/mol. The van der Waals surface area contributed by atoms with Gasteiger partial charge in [0.2, 0.25) is 5.75 Å². The standard InChI is InChI=1S/C22H29N3O3/c1-5-23-22(25-14-17-12-16-8-6-7-9-18(16)17)24-13-15-10-19(26-2)21(28-4)20(11-15)27-3/h6-11,17H,5,12-14H2,1-4H3,(H2,23,24,25). The SMILES string of the molecule is CCNC(=NCc1cc(OC)c(OC)c(OC)c1)NCC1Cc2ccccc21. The number of benzene rings is 2. The molecule has 0 saturated heterocycles. The Balaban J connectivity index is 1.67. The van der Waals surface area contributed by atoms with Gasteiger partial charge in [0, 0.05) is 19.0 Å². The lowest BCUT2D eigenvalue weighted by Crippen LogP contribution is -2.41. The van der Waals surface area contributed by atoms with E-state index in [1.165, 1.54) is 11.1 Å². The van der Waals surface area contributed by atoms with E-state index in [0.717, 1.165) is 31.0 Å². The van der Waals surface area contributed by atoms with E-state index in [-0.39, 0.29) is 0 Å². The van der Waals surface area contributed by atoms with Crippen molar-refractivity contribution < 1.29 is 14.2 Å². The van der Waals surface area contributed by atoms with E-state index in [0.29, 0.717) is 29.7 Å².